The van der Waals surface area contributed by atoms with E-state index < -0.39 is 0 Å². The molecule has 0 saturated heterocycles. The van der Waals surface area contributed by atoms with E-state index in [9.17, 15) is 9.18 Å². The summed E-state index contributed by atoms with van der Waals surface area (Å²) in [7, 11) is 0. The van der Waals surface area contributed by atoms with Crippen molar-refractivity contribution in [1.29, 1.82) is 0 Å². The molecule has 2 nitrogen and oxygen atoms in total. The average Bonchev–Trinajstić information content (AvgIpc) is 2.42. The first kappa shape index (κ1) is 14.9. The largest absolute Gasteiger partial charge is 0.325 e. The zero-order chi connectivity index (χ0) is 14.5. The molecule has 5 heteroatoms. The third-order valence-electron chi connectivity index (χ3n) is 2.63. The van der Waals surface area contributed by atoms with Gasteiger partial charge in [0.15, 0.2) is 0 Å². The van der Waals surface area contributed by atoms with Crippen LogP contribution in [0.15, 0.2) is 47.4 Å². The van der Waals surface area contributed by atoms with Gasteiger partial charge in [-0.15, -0.1) is 11.8 Å². The number of nitrogens with one attached hydrogen (secondary N) is 1. The summed E-state index contributed by atoms with van der Waals surface area (Å²) >= 11 is 7.28. The Bertz CT molecular complexity index is 616. The van der Waals surface area contributed by atoms with Crippen molar-refractivity contribution in [2.45, 2.75) is 11.8 Å². The van der Waals surface area contributed by atoms with E-state index in [-0.39, 0.29) is 17.5 Å². The van der Waals surface area contributed by atoms with E-state index in [4.69, 9.17) is 11.6 Å². The molecule has 1 N–H and O–H groups in total. The Morgan fingerprint density at radius 2 is 1.95 bits per heavy atom. The van der Waals surface area contributed by atoms with Crippen molar-refractivity contribution in [1.82, 2.24) is 0 Å². The Morgan fingerprint density at radius 1 is 1.25 bits per heavy atom. The Morgan fingerprint density at radius 3 is 2.60 bits per heavy atom. The second kappa shape index (κ2) is 6.77. The zero-order valence-corrected chi connectivity index (χ0v) is 12.4. The molecular weight excluding hydrogens is 297 g/mol. The van der Waals surface area contributed by atoms with Crippen molar-refractivity contribution in [2.75, 3.05) is 11.1 Å². The number of aryl methyl sites for hydroxylation is 1. The van der Waals surface area contributed by atoms with E-state index in [0.717, 1.165) is 16.1 Å². The molecule has 2 aromatic carbocycles. The van der Waals surface area contributed by atoms with Crippen LogP contribution < -0.4 is 5.32 Å². The van der Waals surface area contributed by atoms with Gasteiger partial charge in [-0.05, 0) is 55.0 Å². The number of benzene rings is 2. The van der Waals surface area contributed by atoms with Gasteiger partial charge in [-0.25, -0.2) is 4.39 Å². The van der Waals surface area contributed by atoms with Gasteiger partial charge in [-0.2, -0.15) is 0 Å². The van der Waals surface area contributed by atoms with Crippen LogP contribution in [0.1, 0.15) is 5.56 Å². The van der Waals surface area contributed by atoms with Crippen molar-refractivity contribution in [3.05, 3.63) is 58.9 Å². The molecule has 0 saturated carbocycles. The summed E-state index contributed by atoms with van der Waals surface area (Å²) in [5, 5.41) is 3.47. The maximum Gasteiger partial charge on any atom is 0.234 e. The quantitative estimate of drug-likeness (QED) is 0.841. The van der Waals surface area contributed by atoms with Gasteiger partial charge in [0.25, 0.3) is 0 Å². The van der Waals surface area contributed by atoms with Crippen molar-refractivity contribution >= 4 is 35.0 Å². The number of carbonyl (C=O) groups is 1. The van der Waals surface area contributed by atoms with Crippen LogP contribution in [0.2, 0.25) is 5.02 Å². The molecule has 0 spiro atoms. The van der Waals surface area contributed by atoms with E-state index in [1.807, 2.05) is 13.0 Å². The summed E-state index contributed by atoms with van der Waals surface area (Å²) in [6, 6.07) is 11.4. The van der Waals surface area contributed by atoms with Gasteiger partial charge in [0.05, 0.1) is 5.75 Å². The molecule has 0 aliphatic rings. The van der Waals surface area contributed by atoms with Crippen molar-refractivity contribution in [2.24, 2.45) is 0 Å². The van der Waals surface area contributed by atoms with Gasteiger partial charge in [0.1, 0.15) is 5.82 Å². The van der Waals surface area contributed by atoms with E-state index >= 15 is 0 Å². The van der Waals surface area contributed by atoms with Crippen LogP contribution in [0, 0.1) is 12.7 Å². The summed E-state index contributed by atoms with van der Waals surface area (Å²) in [6.07, 6.45) is 0. The van der Waals surface area contributed by atoms with Crippen LogP contribution in [0.25, 0.3) is 0 Å². The monoisotopic (exact) mass is 309 g/mol. The second-order valence-electron chi connectivity index (χ2n) is 4.25. The highest BCUT2D eigenvalue weighted by Gasteiger charge is 2.05. The Labute approximate surface area is 126 Å². The number of hydrogen-bond acceptors (Lipinski definition) is 2. The van der Waals surface area contributed by atoms with Crippen molar-refractivity contribution in [3.63, 3.8) is 0 Å². The van der Waals surface area contributed by atoms with Crippen molar-refractivity contribution < 1.29 is 9.18 Å². The van der Waals surface area contributed by atoms with Gasteiger partial charge in [-0.1, -0.05) is 11.6 Å². The molecule has 0 bridgehead atoms. The SMILES string of the molecule is Cc1cc(NC(=O)CSc2ccc(F)cc2)ccc1Cl. The lowest BCUT2D eigenvalue weighted by Crippen LogP contribution is -2.14. The first-order valence-corrected chi connectivity index (χ1v) is 7.35. The number of thioether (sulfide) groups is 1. The topological polar surface area (TPSA) is 29.1 Å². The summed E-state index contributed by atoms with van der Waals surface area (Å²) < 4.78 is 12.7. The number of rotatable bonds is 4. The van der Waals surface area contributed by atoms with Crippen LogP contribution in [-0.2, 0) is 4.79 Å². The lowest BCUT2D eigenvalue weighted by Gasteiger charge is -2.07. The van der Waals surface area contributed by atoms with Gasteiger partial charge in [0.2, 0.25) is 5.91 Å². The summed E-state index contributed by atoms with van der Waals surface area (Å²) in [4.78, 5) is 12.7. The number of hydrogen-bond donors (Lipinski definition) is 1. The van der Waals surface area contributed by atoms with E-state index in [1.54, 1.807) is 24.3 Å². The van der Waals surface area contributed by atoms with Crippen LogP contribution in [-0.4, -0.2) is 11.7 Å². The zero-order valence-electron chi connectivity index (χ0n) is 10.8. The summed E-state index contributed by atoms with van der Waals surface area (Å²) in [5.41, 5.74) is 1.63. The predicted molar refractivity (Wildman–Crippen MR) is 81.9 cm³/mol. The molecule has 20 heavy (non-hydrogen) atoms. The van der Waals surface area contributed by atoms with Gasteiger partial charge >= 0.3 is 0 Å². The molecule has 2 aromatic rings. The average molecular weight is 310 g/mol. The van der Waals surface area contributed by atoms with Crippen LogP contribution in [0.5, 0.6) is 0 Å². The van der Waals surface area contributed by atoms with Gasteiger partial charge < -0.3 is 5.32 Å². The first-order valence-electron chi connectivity index (χ1n) is 5.99. The highest BCUT2D eigenvalue weighted by atomic mass is 35.5. The van der Waals surface area contributed by atoms with E-state index in [0.29, 0.717) is 5.02 Å². The lowest BCUT2D eigenvalue weighted by atomic mass is 10.2. The number of carbonyl (C=O) groups excluding carboxylic acids is 1. The molecule has 104 valence electrons. The molecule has 0 heterocycles. The van der Waals surface area contributed by atoms with Crippen molar-refractivity contribution in [3.8, 4) is 0 Å². The highest BCUT2D eigenvalue weighted by Crippen LogP contribution is 2.21. The number of amides is 1. The second-order valence-corrected chi connectivity index (χ2v) is 5.71. The Kier molecular flexibility index (Phi) is 5.04. The molecular formula is C15H13ClFNOS. The molecule has 2 rings (SSSR count). The molecule has 0 fully saturated rings. The summed E-state index contributed by atoms with van der Waals surface area (Å²) in [6.45, 7) is 1.88. The molecule has 0 unspecified atom stereocenters. The van der Waals surface area contributed by atoms with E-state index in [2.05, 4.69) is 5.32 Å². The molecule has 0 aromatic heterocycles. The van der Waals surface area contributed by atoms with Crippen LogP contribution >= 0.6 is 23.4 Å². The Balaban J connectivity index is 1.89. The standard InChI is InChI=1S/C15H13ClFNOS/c1-10-8-12(4-7-14(10)16)18-15(19)9-20-13-5-2-11(17)3-6-13/h2-8H,9H2,1H3,(H,18,19). The maximum atomic E-state index is 12.7. The molecule has 0 radical (unpaired) electrons. The van der Waals surface area contributed by atoms with Gasteiger partial charge in [-0.3, -0.25) is 4.79 Å². The number of halogens is 2. The lowest BCUT2D eigenvalue weighted by molar-refractivity contribution is -0.113. The third-order valence-corrected chi connectivity index (χ3v) is 4.06. The van der Waals surface area contributed by atoms with E-state index in [1.165, 1.54) is 23.9 Å². The Hall–Kier alpha value is -1.52. The molecule has 0 atom stereocenters. The number of anilines is 1. The fourth-order valence-corrected chi connectivity index (χ4v) is 2.42. The smallest absolute Gasteiger partial charge is 0.234 e. The summed E-state index contributed by atoms with van der Waals surface area (Å²) in [5.74, 6) is -0.121. The van der Waals surface area contributed by atoms with Crippen LogP contribution in [0.3, 0.4) is 0 Å². The minimum Gasteiger partial charge on any atom is -0.325 e. The minimum atomic E-state index is -0.282. The fourth-order valence-electron chi connectivity index (χ4n) is 1.60. The highest BCUT2D eigenvalue weighted by molar-refractivity contribution is 8.00. The molecule has 0 aliphatic carbocycles. The fraction of sp³-hybridized carbons (Fsp3) is 0.133. The normalized spacial score (nSPS) is 10.3. The predicted octanol–water partition coefficient (Wildman–Crippen LogP) is 4.52. The minimum absolute atomic E-state index is 0.110. The first-order chi connectivity index (χ1) is 9.54. The van der Waals surface area contributed by atoms with Crippen LogP contribution in [0.4, 0.5) is 10.1 Å². The molecule has 0 aliphatic heterocycles. The van der Waals surface area contributed by atoms with Gasteiger partial charge in [0, 0.05) is 15.6 Å². The third kappa shape index (κ3) is 4.25. The maximum absolute atomic E-state index is 12.7. The molecule has 1 amide bonds.